The Morgan fingerprint density at radius 3 is 2.86 bits per heavy atom. The van der Waals surface area contributed by atoms with Gasteiger partial charge < -0.3 is 15.2 Å². The fraction of sp³-hybridized carbons (Fsp3) is 0.375. The van der Waals surface area contributed by atoms with Gasteiger partial charge in [-0.15, -0.1) is 0 Å². The second kappa shape index (κ2) is 11.3. The molecular weight excluding hydrogens is 364 g/mol. The summed E-state index contributed by atoms with van der Waals surface area (Å²) in [5, 5.41) is 0. The molecule has 3 bridgehead atoms. The first-order valence-electron chi connectivity index (χ1n) is 10.3. The molecule has 0 spiro atoms. The van der Waals surface area contributed by atoms with Crippen molar-refractivity contribution in [2.24, 2.45) is 5.73 Å². The van der Waals surface area contributed by atoms with Crippen molar-refractivity contribution in [3.05, 3.63) is 71.5 Å². The molecule has 0 saturated carbocycles. The average Bonchev–Trinajstić information content (AvgIpc) is 2.76. The number of unbranched alkanes of at least 4 members (excludes halogenated alkanes) is 2. The Morgan fingerprint density at radius 2 is 1.97 bits per heavy atom. The molecule has 0 saturated heterocycles. The molecule has 0 atom stereocenters. The highest BCUT2D eigenvalue weighted by molar-refractivity contribution is 5.73. The zero-order valence-corrected chi connectivity index (χ0v) is 16.9. The molecule has 29 heavy (non-hydrogen) atoms. The Morgan fingerprint density at radius 1 is 1.07 bits per heavy atom. The summed E-state index contributed by atoms with van der Waals surface area (Å²) in [4.78, 5) is 13.4. The fourth-order valence-corrected chi connectivity index (χ4v) is 3.46. The number of allylic oxidation sites excluding steroid dienone is 2. The van der Waals surface area contributed by atoms with Crippen molar-refractivity contribution in [1.82, 2.24) is 4.90 Å². The number of fused-ring (bicyclic) bond motifs is 2. The van der Waals surface area contributed by atoms with Crippen LogP contribution in [0.3, 0.4) is 0 Å². The van der Waals surface area contributed by atoms with Gasteiger partial charge in [0, 0.05) is 25.1 Å². The Labute approximate surface area is 173 Å². The Kier molecular flexibility index (Phi) is 8.13. The third-order valence-corrected chi connectivity index (χ3v) is 4.94. The van der Waals surface area contributed by atoms with E-state index >= 15 is 0 Å². The number of nitrogens with zero attached hydrogens (tertiary/aromatic N) is 1. The second-order valence-electron chi connectivity index (χ2n) is 7.38. The SMILES string of the molecule is NC(=O)CCCCCN1CC2=C/C=C\OC/C=C\COc3ccc(cc3/C=C\2)C1. The summed E-state index contributed by atoms with van der Waals surface area (Å²) in [5.41, 5.74) is 8.82. The number of carbonyl (C=O) groups is 1. The minimum absolute atomic E-state index is 0.217. The Hall–Kier alpha value is -2.79. The molecule has 1 amide bonds. The molecule has 0 fully saturated rings. The second-order valence-corrected chi connectivity index (χ2v) is 7.38. The number of rotatable bonds is 6. The third-order valence-electron chi connectivity index (χ3n) is 4.94. The van der Waals surface area contributed by atoms with Gasteiger partial charge in [0.1, 0.15) is 19.0 Å². The van der Waals surface area contributed by atoms with E-state index in [-0.39, 0.29) is 5.91 Å². The van der Waals surface area contributed by atoms with Crippen LogP contribution in [0.25, 0.3) is 6.08 Å². The number of hydrogen-bond acceptors (Lipinski definition) is 4. The van der Waals surface area contributed by atoms with Crippen molar-refractivity contribution in [2.45, 2.75) is 32.2 Å². The lowest BCUT2D eigenvalue weighted by Gasteiger charge is -2.23. The summed E-state index contributed by atoms with van der Waals surface area (Å²) >= 11 is 0. The molecule has 5 nitrogen and oxygen atoms in total. The predicted octanol–water partition coefficient (Wildman–Crippen LogP) is 3.97. The maximum Gasteiger partial charge on any atom is 0.217 e. The molecular formula is C24H30N2O3. The standard InChI is InChI=1S/C24H30N2O3/c25-24(27)8-2-1-3-13-26-18-20-7-6-15-28-14-4-5-16-29-23-12-10-21(19-26)17-22(23)11-9-20/h4-7,9-12,15,17H,1-3,8,13-14,16,18-19H2,(H2,25,27)/b5-4-,11-9-,15-6-,20-7+. The molecule has 2 heterocycles. The molecule has 3 rings (SSSR count). The maximum atomic E-state index is 10.9. The normalized spacial score (nSPS) is 22.0. The quantitative estimate of drug-likeness (QED) is 0.586. The molecule has 2 N–H and O–H groups in total. The van der Waals surface area contributed by atoms with Crippen LogP contribution in [0.4, 0.5) is 0 Å². The summed E-state index contributed by atoms with van der Waals surface area (Å²) in [6.45, 7) is 3.75. The molecule has 2 aliphatic rings. The van der Waals surface area contributed by atoms with E-state index in [1.807, 2.05) is 18.2 Å². The van der Waals surface area contributed by atoms with Crippen molar-refractivity contribution < 1.29 is 14.3 Å². The largest absolute Gasteiger partial charge is 0.497 e. The molecule has 0 aromatic heterocycles. The maximum absolute atomic E-state index is 10.9. The van der Waals surface area contributed by atoms with Crippen LogP contribution in [0.2, 0.25) is 0 Å². The summed E-state index contributed by atoms with van der Waals surface area (Å²) in [7, 11) is 0. The van der Waals surface area contributed by atoms with Gasteiger partial charge in [-0.05, 0) is 60.9 Å². The van der Waals surface area contributed by atoms with Gasteiger partial charge in [-0.2, -0.15) is 0 Å². The van der Waals surface area contributed by atoms with Crippen molar-refractivity contribution in [1.29, 1.82) is 0 Å². The molecule has 5 heteroatoms. The van der Waals surface area contributed by atoms with Crippen LogP contribution in [0.15, 0.2) is 60.4 Å². The van der Waals surface area contributed by atoms with Gasteiger partial charge in [0.2, 0.25) is 5.91 Å². The molecule has 1 aromatic carbocycles. The highest BCUT2D eigenvalue weighted by Crippen LogP contribution is 2.25. The van der Waals surface area contributed by atoms with Gasteiger partial charge in [0.05, 0.1) is 6.26 Å². The smallest absolute Gasteiger partial charge is 0.217 e. The first-order chi connectivity index (χ1) is 14.2. The zero-order valence-electron chi connectivity index (χ0n) is 16.9. The fourth-order valence-electron chi connectivity index (χ4n) is 3.46. The summed E-state index contributed by atoms with van der Waals surface area (Å²) in [6.07, 6.45) is 17.4. The highest BCUT2D eigenvalue weighted by atomic mass is 16.5. The number of nitrogens with two attached hydrogens (primary N) is 1. The van der Waals surface area contributed by atoms with E-state index in [1.165, 1.54) is 11.1 Å². The van der Waals surface area contributed by atoms with Gasteiger partial charge in [-0.3, -0.25) is 9.69 Å². The van der Waals surface area contributed by atoms with Gasteiger partial charge >= 0.3 is 0 Å². The van der Waals surface area contributed by atoms with Crippen LogP contribution in [-0.2, 0) is 16.1 Å². The average molecular weight is 395 g/mol. The topological polar surface area (TPSA) is 64.8 Å². The number of benzene rings is 1. The summed E-state index contributed by atoms with van der Waals surface area (Å²) < 4.78 is 11.4. The number of ether oxygens (including phenoxy) is 2. The van der Waals surface area contributed by atoms with Crippen LogP contribution in [0.5, 0.6) is 5.75 Å². The van der Waals surface area contributed by atoms with Crippen molar-refractivity contribution in [2.75, 3.05) is 26.3 Å². The minimum atomic E-state index is -0.217. The van der Waals surface area contributed by atoms with E-state index in [0.717, 1.165) is 50.2 Å². The molecule has 2 aliphatic heterocycles. The van der Waals surface area contributed by atoms with Crippen molar-refractivity contribution >= 4 is 12.0 Å². The van der Waals surface area contributed by atoms with E-state index in [0.29, 0.717) is 19.6 Å². The van der Waals surface area contributed by atoms with Crippen molar-refractivity contribution in [3.63, 3.8) is 0 Å². The van der Waals surface area contributed by atoms with E-state index in [1.54, 1.807) is 6.26 Å². The Balaban J connectivity index is 1.77. The monoisotopic (exact) mass is 394 g/mol. The number of amides is 1. The van der Waals surface area contributed by atoms with Crippen molar-refractivity contribution in [3.8, 4) is 5.75 Å². The van der Waals surface area contributed by atoms with Gasteiger partial charge in [0.15, 0.2) is 0 Å². The Bertz CT molecular complexity index is 808. The third kappa shape index (κ3) is 7.27. The number of carbonyl (C=O) groups excluding carboxylic acids is 1. The van der Waals surface area contributed by atoms with E-state index in [4.69, 9.17) is 15.2 Å². The molecule has 154 valence electrons. The molecule has 0 unspecified atom stereocenters. The summed E-state index contributed by atoms with van der Waals surface area (Å²) in [5.74, 6) is 0.675. The molecule has 1 aromatic rings. The highest BCUT2D eigenvalue weighted by Gasteiger charge is 2.12. The number of hydrogen-bond donors (Lipinski definition) is 1. The van der Waals surface area contributed by atoms with E-state index in [9.17, 15) is 4.79 Å². The first kappa shape index (κ1) is 20.9. The molecule has 0 radical (unpaired) electrons. The lowest BCUT2D eigenvalue weighted by atomic mass is 10.1. The van der Waals surface area contributed by atoms with E-state index in [2.05, 4.69) is 41.3 Å². The van der Waals surface area contributed by atoms with Crippen LogP contribution >= 0.6 is 0 Å². The minimum Gasteiger partial charge on any atom is -0.497 e. The van der Waals surface area contributed by atoms with Crippen LogP contribution in [0.1, 0.15) is 36.8 Å². The zero-order chi connectivity index (χ0) is 20.3. The van der Waals surface area contributed by atoms with Gasteiger partial charge in [-0.25, -0.2) is 0 Å². The predicted molar refractivity (Wildman–Crippen MR) is 116 cm³/mol. The van der Waals surface area contributed by atoms with Gasteiger partial charge in [-0.1, -0.05) is 30.7 Å². The number of primary amides is 1. The van der Waals surface area contributed by atoms with Crippen LogP contribution < -0.4 is 10.5 Å². The van der Waals surface area contributed by atoms with Crippen LogP contribution in [0, 0.1) is 0 Å². The lowest BCUT2D eigenvalue weighted by molar-refractivity contribution is -0.118. The summed E-state index contributed by atoms with van der Waals surface area (Å²) in [6, 6.07) is 6.42. The van der Waals surface area contributed by atoms with Gasteiger partial charge in [0.25, 0.3) is 0 Å². The van der Waals surface area contributed by atoms with Crippen LogP contribution in [-0.4, -0.2) is 37.1 Å². The first-order valence-corrected chi connectivity index (χ1v) is 10.3. The molecule has 0 aliphatic carbocycles. The van der Waals surface area contributed by atoms with E-state index < -0.39 is 0 Å². The lowest BCUT2D eigenvalue weighted by Crippen LogP contribution is -2.26.